The van der Waals surface area contributed by atoms with Crippen molar-refractivity contribution >= 4 is 23.5 Å². The van der Waals surface area contributed by atoms with Crippen LogP contribution in [0.3, 0.4) is 0 Å². The first-order valence-corrected chi connectivity index (χ1v) is 10.5. The first-order chi connectivity index (χ1) is 15.0. The van der Waals surface area contributed by atoms with E-state index in [-0.39, 0.29) is 0 Å². The fourth-order valence-electron chi connectivity index (χ4n) is 3.27. The third-order valence-corrected chi connectivity index (χ3v) is 5.99. The van der Waals surface area contributed by atoms with Gasteiger partial charge in [-0.1, -0.05) is 49.0 Å². The number of thioether (sulfide) groups is 1. The predicted octanol–water partition coefficient (Wildman–Crippen LogP) is 3.07. The maximum absolute atomic E-state index is 12.2. The van der Waals surface area contributed by atoms with Gasteiger partial charge in [0.05, 0.1) is 23.4 Å². The molecule has 0 saturated carbocycles. The molecule has 156 valence electrons. The molecule has 3 aromatic rings. The molecule has 3 rings (SSSR count). The number of amides is 1. The van der Waals surface area contributed by atoms with Crippen LogP contribution in [0.4, 0.5) is 5.82 Å². The van der Waals surface area contributed by atoms with Crippen LogP contribution in [0.5, 0.6) is 0 Å². The summed E-state index contributed by atoms with van der Waals surface area (Å²) in [4.78, 5) is 18.7. The van der Waals surface area contributed by atoms with E-state index in [1.807, 2.05) is 43.3 Å². The van der Waals surface area contributed by atoms with Gasteiger partial charge < -0.3 is 10.6 Å². The molecule has 9 heteroatoms. The number of carbonyl (C=O) groups excluding carboxylic acids is 1. The zero-order valence-electron chi connectivity index (χ0n) is 17.2. The van der Waals surface area contributed by atoms with E-state index < -0.39 is 11.2 Å². The van der Waals surface area contributed by atoms with E-state index >= 15 is 0 Å². The average Bonchev–Trinajstić information content (AvgIpc) is 3.29. The number of nitrogens with two attached hydrogens (primary N) is 1. The molecule has 3 N–H and O–H groups in total. The number of hydrogen-bond acceptors (Lipinski definition) is 7. The van der Waals surface area contributed by atoms with Gasteiger partial charge in [0, 0.05) is 13.2 Å². The Morgan fingerprint density at radius 3 is 2.48 bits per heavy atom. The standard InChI is InChI=1S/C22H21N7OS/c1-3-16-17(11-23)21(29(2)13-15-9-10-26-28-15)27-22(18(16)12-24)31-19(20(25)30)14-7-5-4-6-8-14/h4-10,19H,3,13H2,1-2H3,(H2,25,30)(H,26,28). The molecule has 0 saturated heterocycles. The van der Waals surface area contributed by atoms with E-state index in [9.17, 15) is 15.3 Å². The van der Waals surface area contributed by atoms with Crippen molar-refractivity contribution in [2.24, 2.45) is 5.73 Å². The minimum Gasteiger partial charge on any atom is -0.368 e. The molecule has 1 atom stereocenters. The summed E-state index contributed by atoms with van der Waals surface area (Å²) < 4.78 is 0. The first kappa shape index (κ1) is 21.9. The lowest BCUT2D eigenvalue weighted by Crippen LogP contribution is -2.22. The van der Waals surface area contributed by atoms with Gasteiger partial charge in [0.2, 0.25) is 5.91 Å². The highest BCUT2D eigenvalue weighted by atomic mass is 32.2. The minimum atomic E-state index is -0.720. The molecule has 31 heavy (non-hydrogen) atoms. The summed E-state index contributed by atoms with van der Waals surface area (Å²) in [5.41, 5.74) is 8.42. The normalized spacial score (nSPS) is 11.4. The summed E-state index contributed by atoms with van der Waals surface area (Å²) in [6.45, 7) is 2.30. The number of anilines is 1. The number of aromatic nitrogens is 3. The molecule has 1 aromatic carbocycles. The van der Waals surface area contributed by atoms with Crippen molar-refractivity contribution in [2.75, 3.05) is 11.9 Å². The molecule has 0 fully saturated rings. The van der Waals surface area contributed by atoms with E-state index in [1.165, 1.54) is 0 Å². The second-order valence-electron chi connectivity index (χ2n) is 6.78. The number of carbonyl (C=O) groups is 1. The summed E-state index contributed by atoms with van der Waals surface area (Å²) >= 11 is 1.12. The van der Waals surface area contributed by atoms with Crippen LogP contribution in [0.1, 0.15) is 40.1 Å². The number of aromatic amines is 1. The van der Waals surface area contributed by atoms with E-state index in [0.29, 0.717) is 40.5 Å². The smallest absolute Gasteiger partial charge is 0.235 e. The Hall–Kier alpha value is -3.82. The summed E-state index contributed by atoms with van der Waals surface area (Å²) in [7, 11) is 1.81. The summed E-state index contributed by atoms with van der Waals surface area (Å²) in [5.74, 6) is -0.101. The Bertz CT molecular complexity index is 1150. The zero-order valence-corrected chi connectivity index (χ0v) is 18.0. The van der Waals surface area contributed by atoms with Gasteiger partial charge >= 0.3 is 0 Å². The molecule has 1 amide bonds. The van der Waals surface area contributed by atoms with Crippen LogP contribution in [0.25, 0.3) is 0 Å². The van der Waals surface area contributed by atoms with Gasteiger partial charge in [-0.3, -0.25) is 9.89 Å². The van der Waals surface area contributed by atoms with E-state index in [0.717, 1.165) is 23.0 Å². The van der Waals surface area contributed by atoms with Crippen LogP contribution in [0.15, 0.2) is 47.6 Å². The van der Waals surface area contributed by atoms with Gasteiger partial charge in [0.15, 0.2) is 0 Å². The number of H-pyrrole nitrogens is 1. The van der Waals surface area contributed by atoms with Gasteiger partial charge in [-0.15, -0.1) is 0 Å². The number of pyridine rings is 1. The van der Waals surface area contributed by atoms with Crippen molar-refractivity contribution in [2.45, 2.75) is 30.2 Å². The molecule has 0 bridgehead atoms. The van der Waals surface area contributed by atoms with Crippen LogP contribution in [0, 0.1) is 22.7 Å². The number of benzene rings is 1. The predicted molar refractivity (Wildman–Crippen MR) is 118 cm³/mol. The van der Waals surface area contributed by atoms with Crippen molar-refractivity contribution < 1.29 is 4.79 Å². The van der Waals surface area contributed by atoms with E-state index in [1.54, 1.807) is 18.1 Å². The molecule has 0 aliphatic heterocycles. The molecule has 0 radical (unpaired) electrons. The first-order valence-electron chi connectivity index (χ1n) is 9.57. The molecular formula is C22H21N7OS. The van der Waals surface area contributed by atoms with Crippen LogP contribution < -0.4 is 10.6 Å². The van der Waals surface area contributed by atoms with Gasteiger partial charge in [0.25, 0.3) is 0 Å². The van der Waals surface area contributed by atoms with Gasteiger partial charge in [-0.05, 0) is 23.6 Å². The van der Waals surface area contributed by atoms with Crippen molar-refractivity contribution in [3.8, 4) is 12.1 Å². The second kappa shape index (κ2) is 9.79. The number of hydrogen-bond donors (Lipinski definition) is 2. The largest absolute Gasteiger partial charge is 0.368 e. The second-order valence-corrected chi connectivity index (χ2v) is 7.87. The Balaban J connectivity index is 2.11. The third-order valence-electron chi connectivity index (χ3n) is 4.74. The molecule has 0 aliphatic carbocycles. The number of nitrogens with zero attached hydrogens (tertiary/aromatic N) is 5. The highest BCUT2D eigenvalue weighted by molar-refractivity contribution is 8.00. The lowest BCUT2D eigenvalue weighted by Gasteiger charge is -2.22. The van der Waals surface area contributed by atoms with Crippen molar-refractivity contribution in [1.82, 2.24) is 15.2 Å². The Kier molecular flexibility index (Phi) is 6.91. The van der Waals surface area contributed by atoms with Crippen molar-refractivity contribution in [3.63, 3.8) is 0 Å². The van der Waals surface area contributed by atoms with Crippen molar-refractivity contribution in [1.29, 1.82) is 10.5 Å². The number of primary amides is 1. The van der Waals surface area contributed by atoms with Crippen LogP contribution in [-0.2, 0) is 17.8 Å². The van der Waals surface area contributed by atoms with Gasteiger partial charge in [0.1, 0.15) is 28.2 Å². The van der Waals surface area contributed by atoms with Crippen LogP contribution in [0.2, 0.25) is 0 Å². The van der Waals surface area contributed by atoms with E-state index in [4.69, 9.17) is 5.73 Å². The lowest BCUT2D eigenvalue weighted by atomic mass is 10.0. The zero-order chi connectivity index (χ0) is 22.4. The maximum atomic E-state index is 12.2. The summed E-state index contributed by atoms with van der Waals surface area (Å²) in [5, 5.41) is 26.3. The van der Waals surface area contributed by atoms with E-state index in [2.05, 4.69) is 27.3 Å². The molecule has 1 unspecified atom stereocenters. The molecule has 0 spiro atoms. The fourth-order valence-corrected chi connectivity index (χ4v) is 4.33. The minimum absolute atomic E-state index is 0.295. The topological polar surface area (TPSA) is 135 Å². The molecule has 2 heterocycles. The highest BCUT2D eigenvalue weighted by Crippen LogP contribution is 2.39. The van der Waals surface area contributed by atoms with Crippen LogP contribution >= 0.6 is 11.8 Å². The number of rotatable bonds is 8. The lowest BCUT2D eigenvalue weighted by molar-refractivity contribution is -0.117. The molecule has 2 aromatic heterocycles. The SMILES string of the molecule is CCc1c(C#N)c(SC(C(N)=O)c2ccccc2)nc(N(C)Cc2cc[nH]n2)c1C#N. The Morgan fingerprint density at radius 2 is 1.94 bits per heavy atom. The summed E-state index contributed by atoms with van der Waals surface area (Å²) in [6, 6.07) is 15.3. The van der Waals surface area contributed by atoms with Gasteiger partial charge in [-0.25, -0.2) is 4.98 Å². The van der Waals surface area contributed by atoms with Crippen molar-refractivity contribution in [3.05, 3.63) is 70.5 Å². The van der Waals surface area contributed by atoms with Crippen LogP contribution in [-0.4, -0.2) is 28.1 Å². The monoisotopic (exact) mass is 431 g/mol. The quantitative estimate of drug-likeness (QED) is 0.523. The fraction of sp³-hybridized carbons (Fsp3) is 0.227. The Morgan fingerprint density at radius 1 is 1.23 bits per heavy atom. The Labute approximate surface area is 184 Å². The molecule has 8 nitrogen and oxygen atoms in total. The number of nitriles is 2. The molecular weight excluding hydrogens is 410 g/mol. The summed E-state index contributed by atoms with van der Waals surface area (Å²) in [6.07, 6.45) is 2.19. The third kappa shape index (κ3) is 4.68. The van der Waals surface area contributed by atoms with Gasteiger partial charge in [-0.2, -0.15) is 15.6 Å². The maximum Gasteiger partial charge on any atom is 0.235 e. The number of nitrogens with one attached hydrogen (secondary N) is 1. The molecule has 0 aliphatic rings. The average molecular weight is 432 g/mol. The highest BCUT2D eigenvalue weighted by Gasteiger charge is 2.26.